The number of nitrogens with one attached hydrogen (secondary N) is 1. The lowest BCUT2D eigenvalue weighted by atomic mass is 10.1. The Morgan fingerprint density at radius 1 is 0.695 bits per heavy atom. The minimum absolute atomic E-state index is 0.207. The van der Waals surface area contributed by atoms with Crippen LogP contribution in [0.15, 0.2) is 78.2 Å². The van der Waals surface area contributed by atoms with Crippen molar-refractivity contribution in [3.63, 3.8) is 0 Å². The normalized spacial score (nSPS) is 25.5. The average Bonchev–Trinajstić information content (AvgIpc) is 4.01. The summed E-state index contributed by atoms with van der Waals surface area (Å²) in [4.78, 5) is 38.7. The standard InChI is InChI=1S/C19H20FN3O5.C13H16N2O6S.C7H8FN/c1-11(24)27-14-9-25-18-15(10-26-17(14)18)28-16-6-7-21-19(23-16)22-8-12-2-4-13(20)5-3-12;1-7(16)20-8-5-18-12-9(6-19-11(8)12)21-10-3-4-14-13(15-10)22(2)17;8-7-3-1-6(5-9)2-4-7/h2-7,14-15,17-18H,8-10H2,1H3,(H,21,22,23);3-4,8-9,11-12H,5-6H2,1-2H3;1-4H,5,9H2/t14-,15?,17+,18+;8-,9?,11+,12+,22?;/m00./s1. The van der Waals surface area contributed by atoms with E-state index in [4.69, 9.17) is 43.6 Å². The fraction of sp³-hybridized carbons (Fsp3) is 0.436. The summed E-state index contributed by atoms with van der Waals surface area (Å²) >= 11 is 0. The first-order valence-electron chi connectivity index (χ1n) is 18.5. The topological polar surface area (TPSA) is 215 Å². The maximum atomic E-state index is 13.0. The fourth-order valence-corrected chi connectivity index (χ4v) is 6.85. The van der Waals surface area contributed by atoms with Crippen LogP contribution >= 0.6 is 0 Å². The molecule has 2 aromatic heterocycles. The van der Waals surface area contributed by atoms with E-state index in [-0.39, 0.29) is 78.6 Å². The number of ether oxygens (including phenoxy) is 8. The summed E-state index contributed by atoms with van der Waals surface area (Å²) in [5, 5.41) is 3.28. The predicted molar refractivity (Wildman–Crippen MR) is 203 cm³/mol. The van der Waals surface area contributed by atoms with Gasteiger partial charge >= 0.3 is 11.9 Å². The van der Waals surface area contributed by atoms with E-state index in [9.17, 15) is 22.6 Å². The molecule has 0 spiro atoms. The zero-order chi connectivity index (χ0) is 41.9. The van der Waals surface area contributed by atoms with Crippen molar-refractivity contribution in [1.82, 2.24) is 19.9 Å². The largest absolute Gasteiger partial charge is 0.469 e. The van der Waals surface area contributed by atoms with Crippen LogP contribution in [-0.2, 0) is 61.9 Å². The van der Waals surface area contributed by atoms with Crippen molar-refractivity contribution >= 4 is 28.7 Å². The van der Waals surface area contributed by atoms with Gasteiger partial charge in [0.2, 0.25) is 22.9 Å². The Bertz CT molecular complexity index is 2040. The van der Waals surface area contributed by atoms with Gasteiger partial charge in [0.15, 0.2) is 24.4 Å². The van der Waals surface area contributed by atoms with Crippen molar-refractivity contribution in [2.24, 2.45) is 5.73 Å². The molecule has 3 unspecified atom stereocenters. The van der Waals surface area contributed by atoms with Gasteiger partial charge in [-0.2, -0.15) is 9.97 Å². The average molecular weight is 843 g/mol. The van der Waals surface area contributed by atoms with E-state index in [1.807, 2.05) is 0 Å². The number of aromatic nitrogens is 4. The summed E-state index contributed by atoms with van der Waals surface area (Å²) in [6, 6.07) is 15.6. The highest BCUT2D eigenvalue weighted by molar-refractivity contribution is 7.84. The smallest absolute Gasteiger partial charge is 0.303 e. The Labute approximate surface area is 340 Å². The Balaban J connectivity index is 0.000000167. The van der Waals surface area contributed by atoms with E-state index >= 15 is 0 Å². The van der Waals surface area contributed by atoms with Crippen molar-refractivity contribution in [2.45, 2.75) is 80.9 Å². The summed E-state index contributed by atoms with van der Waals surface area (Å²) in [5.74, 6) is -0.144. The van der Waals surface area contributed by atoms with Crippen molar-refractivity contribution in [3.05, 3.63) is 95.8 Å². The van der Waals surface area contributed by atoms with Gasteiger partial charge in [-0.1, -0.05) is 24.3 Å². The van der Waals surface area contributed by atoms with Crippen LogP contribution in [0.4, 0.5) is 14.7 Å². The predicted octanol–water partition coefficient (Wildman–Crippen LogP) is 2.68. The van der Waals surface area contributed by atoms with Gasteiger partial charge in [0.05, 0.1) is 37.2 Å². The molecule has 2 aromatic carbocycles. The van der Waals surface area contributed by atoms with E-state index < -0.39 is 23.0 Å². The monoisotopic (exact) mass is 842 g/mol. The molecule has 59 heavy (non-hydrogen) atoms. The number of benzene rings is 2. The third kappa shape index (κ3) is 12.1. The second-order valence-electron chi connectivity index (χ2n) is 13.5. The first-order chi connectivity index (χ1) is 28.4. The second-order valence-corrected chi connectivity index (χ2v) is 14.7. The number of nitrogens with zero attached hydrogens (tertiary/aromatic N) is 4. The maximum Gasteiger partial charge on any atom is 0.303 e. The minimum atomic E-state index is -1.28. The first-order valence-corrected chi connectivity index (χ1v) is 20.1. The van der Waals surface area contributed by atoms with Crippen LogP contribution in [0.1, 0.15) is 25.0 Å². The first kappa shape index (κ1) is 43.3. The van der Waals surface area contributed by atoms with Crippen LogP contribution in [0.25, 0.3) is 0 Å². The van der Waals surface area contributed by atoms with Gasteiger partial charge in [-0.15, -0.1) is 0 Å². The summed E-state index contributed by atoms with van der Waals surface area (Å²) in [6.45, 7) is 4.82. The number of carbonyl (C=O) groups is 2. The summed E-state index contributed by atoms with van der Waals surface area (Å²) in [5.41, 5.74) is 7.13. The van der Waals surface area contributed by atoms with Gasteiger partial charge in [0.1, 0.15) is 36.1 Å². The van der Waals surface area contributed by atoms with Crippen molar-refractivity contribution in [2.75, 3.05) is 38.0 Å². The Morgan fingerprint density at radius 2 is 1.14 bits per heavy atom. The molecule has 8 rings (SSSR count). The molecule has 6 heterocycles. The van der Waals surface area contributed by atoms with Crippen LogP contribution in [0, 0.1) is 11.6 Å². The quantitative estimate of drug-likeness (QED) is 0.164. The van der Waals surface area contributed by atoms with Gasteiger partial charge < -0.3 is 48.9 Å². The van der Waals surface area contributed by atoms with Crippen molar-refractivity contribution in [3.8, 4) is 11.8 Å². The number of nitrogens with two attached hydrogens (primary N) is 1. The van der Waals surface area contributed by atoms with E-state index in [2.05, 4.69) is 25.3 Å². The highest BCUT2D eigenvalue weighted by Gasteiger charge is 2.51. The zero-order valence-electron chi connectivity index (χ0n) is 32.3. The highest BCUT2D eigenvalue weighted by atomic mass is 32.2. The molecule has 0 saturated carbocycles. The van der Waals surface area contributed by atoms with E-state index in [1.54, 1.807) is 42.6 Å². The molecular formula is C39H44F2N6O11S. The highest BCUT2D eigenvalue weighted by Crippen LogP contribution is 2.32. The second kappa shape index (κ2) is 20.6. The molecule has 4 aliphatic heterocycles. The third-order valence-corrected chi connectivity index (χ3v) is 9.82. The fourth-order valence-electron chi connectivity index (χ4n) is 6.43. The number of hydrogen-bond acceptors (Lipinski definition) is 17. The number of carbonyl (C=O) groups excluding carboxylic acids is 2. The van der Waals surface area contributed by atoms with Crippen molar-refractivity contribution in [1.29, 1.82) is 0 Å². The number of esters is 2. The van der Waals surface area contributed by atoms with Crippen LogP contribution < -0.4 is 20.5 Å². The zero-order valence-corrected chi connectivity index (χ0v) is 33.1. The van der Waals surface area contributed by atoms with Crippen LogP contribution in [-0.4, -0.2) is 118 Å². The minimum Gasteiger partial charge on any atom is -0.469 e. The van der Waals surface area contributed by atoms with Crippen LogP contribution in [0.5, 0.6) is 11.8 Å². The lowest BCUT2D eigenvalue weighted by molar-refractivity contribution is -0.151. The van der Waals surface area contributed by atoms with Gasteiger partial charge in [-0.25, -0.2) is 18.7 Å². The number of hydrogen-bond donors (Lipinski definition) is 2. The molecule has 0 radical (unpaired) electrons. The maximum absolute atomic E-state index is 13.0. The molecule has 17 nitrogen and oxygen atoms in total. The van der Waals surface area contributed by atoms with Gasteiger partial charge in [-0.05, 0) is 35.4 Å². The Morgan fingerprint density at radius 3 is 1.61 bits per heavy atom. The molecule has 0 bridgehead atoms. The van der Waals surface area contributed by atoms with Crippen molar-refractivity contribution < 1.29 is 60.5 Å². The number of anilines is 1. The Hall–Kier alpha value is -5.25. The molecule has 9 atom stereocenters. The van der Waals surface area contributed by atoms with E-state index in [0.29, 0.717) is 44.0 Å². The summed E-state index contributed by atoms with van der Waals surface area (Å²) < 4.78 is 81.3. The molecule has 4 aromatic rings. The van der Waals surface area contributed by atoms with Gasteiger partial charge in [0, 0.05) is 57.7 Å². The molecule has 0 amide bonds. The SMILES string of the molecule is CC(=O)O[C@H]1CO[C@@H]2C(Oc3ccnc(NCc4ccc(F)cc4)n3)CO[C@H]12.CC(=O)O[C@H]1CO[C@@H]2C(Oc3ccnc(S(C)=O)n3)CO[C@H]12.NCc1ccc(F)cc1. The van der Waals surface area contributed by atoms with Gasteiger partial charge in [0.25, 0.3) is 0 Å². The van der Waals surface area contributed by atoms with E-state index in [1.165, 1.54) is 50.6 Å². The molecule has 3 N–H and O–H groups in total. The summed E-state index contributed by atoms with van der Waals surface area (Å²) in [6.07, 6.45) is 1.69. The van der Waals surface area contributed by atoms with Crippen LogP contribution in [0.2, 0.25) is 0 Å². The Kier molecular flexibility index (Phi) is 15.2. The summed E-state index contributed by atoms with van der Waals surface area (Å²) in [7, 11) is -1.28. The van der Waals surface area contributed by atoms with Gasteiger partial charge in [-0.3, -0.25) is 13.8 Å². The van der Waals surface area contributed by atoms with Crippen LogP contribution in [0.3, 0.4) is 0 Å². The lowest BCUT2D eigenvalue weighted by Crippen LogP contribution is -2.36. The molecular weight excluding hydrogens is 799 g/mol. The molecule has 0 aliphatic carbocycles. The number of rotatable bonds is 11. The third-order valence-electron chi connectivity index (χ3n) is 9.11. The lowest BCUT2D eigenvalue weighted by Gasteiger charge is -2.17. The molecule has 316 valence electrons. The molecule has 20 heteroatoms. The number of fused-ring (bicyclic) bond motifs is 2. The molecule has 4 saturated heterocycles. The number of halogens is 2. The van der Waals surface area contributed by atoms with E-state index in [0.717, 1.165) is 11.1 Å². The molecule has 4 fully saturated rings. The molecule has 4 aliphatic rings.